The lowest BCUT2D eigenvalue weighted by Crippen LogP contribution is -2.48. The Morgan fingerprint density at radius 3 is 2.76 bits per heavy atom. The highest BCUT2D eigenvalue weighted by molar-refractivity contribution is 5.86. The highest BCUT2D eigenvalue weighted by Crippen LogP contribution is 2.27. The van der Waals surface area contributed by atoms with Crippen LogP contribution in [0.15, 0.2) is 18.2 Å². The van der Waals surface area contributed by atoms with Gasteiger partial charge in [-0.05, 0) is 37.3 Å². The first-order valence-corrected chi connectivity index (χ1v) is 8.39. The van der Waals surface area contributed by atoms with Gasteiger partial charge in [0.05, 0.1) is 17.6 Å². The van der Waals surface area contributed by atoms with Crippen LogP contribution in [0, 0.1) is 23.0 Å². The van der Waals surface area contributed by atoms with Gasteiger partial charge in [-0.25, -0.2) is 0 Å². The Balaban J connectivity index is 2.18. The molecular formula is C17H25N3O5. The summed E-state index contributed by atoms with van der Waals surface area (Å²) in [4.78, 5) is 23.4. The van der Waals surface area contributed by atoms with E-state index in [0.717, 1.165) is 5.56 Å². The van der Waals surface area contributed by atoms with Crippen LogP contribution < -0.4 is 10.6 Å². The van der Waals surface area contributed by atoms with E-state index < -0.39 is 23.3 Å². The molecular weight excluding hydrogens is 326 g/mol. The Labute approximate surface area is 146 Å². The van der Waals surface area contributed by atoms with Crippen LogP contribution in [0.5, 0.6) is 0 Å². The van der Waals surface area contributed by atoms with Crippen LogP contribution in [-0.2, 0) is 9.53 Å². The van der Waals surface area contributed by atoms with Crippen LogP contribution in [0.4, 0.5) is 11.4 Å². The Morgan fingerprint density at radius 1 is 1.48 bits per heavy atom. The molecule has 138 valence electrons. The van der Waals surface area contributed by atoms with E-state index >= 15 is 0 Å². The molecule has 1 aromatic carbocycles. The summed E-state index contributed by atoms with van der Waals surface area (Å²) >= 11 is 0. The lowest BCUT2D eigenvalue weighted by atomic mass is 10.0. The van der Waals surface area contributed by atoms with Crippen LogP contribution in [0.25, 0.3) is 0 Å². The van der Waals surface area contributed by atoms with Gasteiger partial charge >= 0.3 is 0 Å². The Hall–Kier alpha value is -2.19. The zero-order chi connectivity index (χ0) is 18.6. The SMILES string of the molecule is Cc1ccc([N+](=O)[O-])c(N[C@@H](CC(C)C)C(=O)N[C@H]2CCOC2O)c1. The second-order valence-corrected chi connectivity index (χ2v) is 6.77. The van der Waals surface area contributed by atoms with Crippen molar-refractivity contribution in [2.75, 3.05) is 11.9 Å². The lowest BCUT2D eigenvalue weighted by Gasteiger charge is -2.24. The van der Waals surface area contributed by atoms with Gasteiger partial charge in [0.1, 0.15) is 11.7 Å². The number of amides is 1. The lowest BCUT2D eigenvalue weighted by molar-refractivity contribution is -0.384. The van der Waals surface area contributed by atoms with Crippen LogP contribution >= 0.6 is 0 Å². The first kappa shape index (κ1) is 19.1. The molecule has 0 saturated carbocycles. The number of carbonyl (C=O) groups is 1. The summed E-state index contributed by atoms with van der Waals surface area (Å²) in [6.07, 6.45) is 0.0175. The fraction of sp³-hybridized carbons (Fsp3) is 0.588. The van der Waals surface area contributed by atoms with Crippen molar-refractivity contribution in [2.45, 2.75) is 52.0 Å². The van der Waals surface area contributed by atoms with Crippen molar-refractivity contribution < 1.29 is 19.6 Å². The fourth-order valence-electron chi connectivity index (χ4n) is 2.82. The highest BCUT2D eigenvalue weighted by Gasteiger charge is 2.31. The predicted molar refractivity (Wildman–Crippen MR) is 93.2 cm³/mol. The van der Waals surface area contributed by atoms with E-state index in [1.165, 1.54) is 6.07 Å². The molecule has 1 aromatic rings. The molecule has 3 atom stereocenters. The number of nitro benzene ring substituents is 1. The number of hydrogen-bond donors (Lipinski definition) is 3. The van der Waals surface area contributed by atoms with Crippen LogP contribution in [0.3, 0.4) is 0 Å². The van der Waals surface area contributed by atoms with Gasteiger partial charge in [0.25, 0.3) is 5.69 Å². The van der Waals surface area contributed by atoms with Crippen molar-refractivity contribution >= 4 is 17.3 Å². The molecule has 0 radical (unpaired) electrons. The molecule has 1 aliphatic heterocycles. The van der Waals surface area contributed by atoms with Gasteiger partial charge in [0.15, 0.2) is 6.29 Å². The molecule has 1 unspecified atom stereocenters. The molecule has 1 amide bonds. The molecule has 1 aliphatic rings. The molecule has 0 aliphatic carbocycles. The average Bonchev–Trinajstić information content (AvgIpc) is 2.91. The van der Waals surface area contributed by atoms with E-state index in [1.807, 2.05) is 20.8 Å². The van der Waals surface area contributed by atoms with E-state index in [9.17, 15) is 20.0 Å². The zero-order valence-electron chi connectivity index (χ0n) is 14.7. The Morgan fingerprint density at radius 2 is 2.20 bits per heavy atom. The number of rotatable bonds is 7. The number of anilines is 1. The smallest absolute Gasteiger partial charge is 0.292 e. The number of aliphatic hydroxyl groups excluding tert-OH is 1. The molecule has 8 heteroatoms. The quantitative estimate of drug-likeness (QED) is 0.511. The number of benzene rings is 1. The Kier molecular flexibility index (Phi) is 6.33. The highest BCUT2D eigenvalue weighted by atomic mass is 16.6. The number of carbonyl (C=O) groups excluding carboxylic acids is 1. The average molecular weight is 351 g/mol. The molecule has 0 bridgehead atoms. The largest absolute Gasteiger partial charge is 0.368 e. The number of aryl methyl sites for hydroxylation is 1. The summed E-state index contributed by atoms with van der Waals surface area (Å²) in [5.41, 5.74) is 1.10. The van der Waals surface area contributed by atoms with Crippen molar-refractivity contribution in [3.8, 4) is 0 Å². The number of ether oxygens (including phenoxy) is 1. The molecule has 1 heterocycles. The summed E-state index contributed by atoms with van der Waals surface area (Å²) in [7, 11) is 0. The van der Waals surface area contributed by atoms with Gasteiger partial charge in [0, 0.05) is 6.07 Å². The fourth-order valence-corrected chi connectivity index (χ4v) is 2.82. The van der Waals surface area contributed by atoms with Gasteiger partial charge in [0.2, 0.25) is 5.91 Å². The summed E-state index contributed by atoms with van der Waals surface area (Å²) in [6, 6.07) is 3.64. The maximum atomic E-state index is 12.6. The summed E-state index contributed by atoms with van der Waals surface area (Å²) in [5, 5.41) is 26.7. The van der Waals surface area contributed by atoms with Crippen LogP contribution in [-0.4, -0.2) is 40.9 Å². The topological polar surface area (TPSA) is 114 Å². The summed E-state index contributed by atoms with van der Waals surface area (Å²) in [6.45, 7) is 6.16. The third kappa shape index (κ3) is 5.14. The monoisotopic (exact) mass is 351 g/mol. The van der Waals surface area contributed by atoms with Gasteiger partial charge < -0.3 is 20.5 Å². The van der Waals surface area contributed by atoms with Crippen molar-refractivity contribution in [2.24, 2.45) is 5.92 Å². The summed E-state index contributed by atoms with van der Waals surface area (Å²) in [5.74, 6) is -0.101. The standard InChI is InChI=1S/C17H25N3O5/c1-10(2)8-14(16(21)19-12-6-7-25-17(12)22)18-13-9-11(3)4-5-15(13)20(23)24/h4-5,9-10,12,14,17-18,22H,6-8H2,1-3H3,(H,19,21)/t12-,14-,17?/m0/s1. The van der Waals surface area contributed by atoms with Gasteiger partial charge in [-0.3, -0.25) is 14.9 Å². The number of nitrogens with one attached hydrogen (secondary N) is 2. The van der Waals surface area contributed by atoms with E-state index in [4.69, 9.17) is 4.74 Å². The third-order valence-electron chi connectivity index (χ3n) is 4.09. The van der Waals surface area contributed by atoms with Crippen molar-refractivity contribution in [3.63, 3.8) is 0 Å². The summed E-state index contributed by atoms with van der Waals surface area (Å²) < 4.78 is 5.04. The molecule has 8 nitrogen and oxygen atoms in total. The molecule has 3 N–H and O–H groups in total. The van der Waals surface area contributed by atoms with E-state index in [1.54, 1.807) is 12.1 Å². The first-order chi connectivity index (χ1) is 11.8. The normalized spacial score (nSPS) is 21.2. The molecule has 1 saturated heterocycles. The first-order valence-electron chi connectivity index (χ1n) is 8.39. The van der Waals surface area contributed by atoms with Gasteiger partial charge in [-0.15, -0.1) is 0 Å². The second kappa shape index (κ2) is 8.26. The zero-order valence-corrected chi connectivity index (χ0v) is 14.7. The predicted octanol–water partition coefficient (Wildman–Crippen LogP) is 1.95. The van der Waals surface area contributed by atoms with Crippen molar-refractivity contribution in [1.29, 1.82) is 0 Å². The Bertz CT molecular complexity index is 635. The minimum atomic E-state index is -1.02. The van der Waals surface area contributed by atoms with Crippen molar-refractivity contribution in [1.82, 2.24) is 5.32 Å². The van der Waals surface area contributed by atoms with E-state index in [2.05, 4.69) is 10.6 Å². The maximum absolute atomic E-state index is 12.6. The molecule has 2 rings (SSSR count). The second-order valence-electron chi connectivity index (χ2n) is 6.77. The number of nitro groups is 1. The number of aliphatic hydroxyl groups is 1. The minimum absolute atomic E-state index is 0.0728. The molecule has 0 spiro atoms. The van der Waals surface area contributed by atoms with Gasteiger partial charge in [-0.2, -0.15) is 0 Å². The number of hydrogen-bond acceptors (Lipinski definition) is 6. The number of nitrogens with zero attached hydrogens (tertiary/aromatic N) is 1. The minimum Gasteiger partial charge on any atom is -0.368 e. The molecule has 0 aromatic heterocycles. The molecule has 1 fully saturated rings. The van der Waals surface area contributed by atoms with Crippen molar-refractivity contribution in [3.05, 3.63) is 33.9 Å². The van der Waals surface area contributed by atoms with E-state index in [-0.39, 0.29) is 17.5 Å². The molecule has 25 heavy (non-hydrogen) atoms. The van der Waals surface area contributed by atoms with Crippen LogP contribution in [0.2, 0.25) is 0 Å². The maximum Gasteiger partial charge on any atom is 0.292 e. The third-order valence-corrected chi connectivity index (χ3v) is 4.09. The van der Waals surface area contributed by atoms with Gasteiger partial charge in [-0.1, -0.05) is 19.9 Å². The van der Waals surface area contributed by atoms with Crippen LogP contribution in [0.1, 0.15) is 32.3 Å². The van der Waals surface area contributed by atoms with E-state index in [0.29, 0.717) is 25.1 Å².